The maximum Gasteiger partial charge on any atom is 0.346 e. The predicted octanol–water partition coefficient (Wildman–Crippen LogP) is 7.85. The fourth-order valence-corrected chi connectivity index (χ4v) is 4.56. The minimum Gasteiger partial charge on any atom is -0.490 e. The molecule has 1 aliphatic carbocycles. The lowest BCUT2D eigenvalue weighted by Crippen LogP contribution is -2.28. The first-order valence-corrected chi connectivity index (χ1v) is 13.6. The van der Waals surface area contributed by atoms with E-state index < -0.39 is 35.3 Å². The summed E-state index contributed by atoms with van der Waals surface area (Å²) < 4.78 is 58.7. The number of hydrogen-bond donors (Lipinski definition) is 0. The van der Waals surface area contributed by atoms with Gasteiger partial charge in [-0.05, 0) is 74.3 Å². The molecule has 0 aromatic heterocycles. The summed E-state index contributed by atoms with van der Waals surface area (Å²) in [7, 11) is 0. The molecule has 0 amide bonds. The van der Waals surface area contributed by atoms with Gasteiger partial charge < -0.3 is 14.2 Å². The van der Waals surface area contributed by atoms with Crippen LogP contribution in [-0.2, 0) is 9.53 Å². The summed E-state index contributed by atoms with van der Waals surface area (Å²) in [6.45, 7) is 4.24. The smallest absolute Gasteiger partial charge is 0.346 e. The van der Waals surface area contributed by atoms with E-state index in [9.17, 15) is 22.8 Å². The zero-order chi connectivity index (χ0) is 27.5. The van der Waals surface area contributed by atoms with Crippen LogP contribution in [0.1, 0.15) is 99.9 Å². The van der Waals surface area contributed by atoms with Gasteiger partial charge in [-0.3, -0.25) is 0 Å². The van der Waals surface area contributed by atoms with Crippen molar-refractivity contribution in [3.63, 3.8) is 0 Å². The number of unbranched alkanes of at least 4 members (excludes halogenated alkanes) is 3. The average Bonchev–Trinajstić information content (AvgIpc) is 2.92. The van der Waals surface area contributed by atoms with E-state index in [1.165, 1.54) is 6.07 Å². The molecule has 0 bridgehead atoms. The maximum atomic E-state index is 14.5. The maximum absolute atomic E-state index is 14.5. The Morgan fingerprint density at radius 2 is 1.58 bits per heavy atom. The van der Waals surface area contributed by atoms with Crippen LogP contribution in [0.25, 0.3) is 0 Å². The summed E-state index contributed by atoms with van der Waals surface area (Å²) >= 11 is 0. The number of ether oxygens (including phenoxy) is 3. The average molecular weight is 535 g/mol. The molecule has 0 radical (unpaired) electrons. The molecule has 5 nitrogen and oxygen atoms in total. The van der Waals surface area contributed by atoms with E-state index in [4.69, 9.17) is 14.2 Å². The van der Waals surface area contributed by atoms with Crippen molar-refractivity contribution in [3.8, 4) is 11.5 Å². The van der Waals surface area contributed by atoms with Crippen LogP contribution in [0.3, 0.4) is 0 Å². The highest BCUT2D eigenvalue weighted by atomic mass is 19.2. The van der Waals surface area contributed by atoms with Crippen LogP contribution in [0, 0.1) is 11.6 Å². The highest BCUT2D eigenvalue weighted by Crippen LogP contribution is 2.35. The Morgan fingerprint density at radius 1 is 0.895 bits per heavy atom. The molecule has 1 aliphatic rings. The lowest BCUT2D eigenvalue weighted by molar-refractivity contribution is -0.157. The van der Waals surface area contributed by atoms with Gasteiger partial charge in [-0.15, -0.1) is 0 Å². The lowest BCUT2D eigenvalue weighted by atomic mass is 9.83. The first-order chi connectivity index (χ1) is 18.3. The first kappa shape index (κ1) is 29.5. The van der Waals surface area contributed by atoms with E-state index in [0.29, 0.717) is 19.3 Å². The van der Waals surface area contributed by atoms with E-state index in [1.807, 2.05) is 26.0 Å². The fourth-order valence-electron chi connectivity index (χ4n) is 4.56. The largest absolute Gasteiger partial charge is 0.490 e. The molecule has 2 aromatic carbocycles. The molecule has 8 heteroatoms. The van der Waals surface area contributed by atoms with Gasteiger partial charge in [0.25, 0.3) is 0 Å². The Bertz CT molecular complexity index is 1050. The monoisotopic (exact) mass is 534 g/mol. The topological polar surface area (TPSA) is 61.8 Å². The van der Waals surface area contributed by atoms with Crippen LogP contribution in [0.4, 0.5) is 13.2 Å². The summed E-state index contributed by atoms with van der Waals surface area (Å²) in [4.78, 5) is 24.4. The third kappa shape index (κ3) is 8.23. The minimum atomic E-state index is -1.56. The van der Waals surface area contributed by atoms with Gasteiger partial charge in [-0.1, -0.05) is 51.7 Å². The number of rotatable bonds is 13. The fraction of sp³-hybridized carbons (Fsp3) is 0.533. The number of carbonyl (C=O) groups is 2. The molecule has 0 spiro atoms. The molecule has 0 heterocycles. The van der Waals surface area contributed by atoms with E-state index in [-0.39, 0.29) is 36.5 Å². The van der Waals surface area contributed by atoms with Crippen molar-refractivity contribution in [1.82, 2.24) is 0 Å². The number of esters is 2. The third-order valence-corrected chi connectivity index (χ3v) is 6.86. The zero-order valence-corrected chi connectivity index (χ0v) is 22.1. The Balaban J connectivity index is 1.50. The molecule has 1 fully saturated rings. The minimum absolute atomic E-state index is 0.196. The molecule has 1 atom stereocenters. The van der Waals surface area contributed by atoms with Crippen LogP contribution in [0.5, 0.6) is 11.5 Å². The van der Waals surface area contributed by atoms with Crippen LogP contribution in [0.15, 0.2) is 36.4 Å². The van der Waals surface area contributed by atoms with Gasteiger partial charge in [0.2, 0.25) is 5.82 Å². The molecule has 0 unspecified atom stereocenters. The van der Waals surface area contributed by atoms with Crippen LogP contribution in [-0.4, -0.2) is 30.8 Å². The number of benzene rings is 2. The summed E-state index contributed by atoms with van der Waals surface area (Å²) in [6, 6.07) is 9.26. The Kier molecular flexibility index (Phi) is 11.5. The van der Waals surface area contributed by atoms with Crippen LogP contribution in [0.2, 0.25) is 0 Å². The van der Waals surface area contributed by atoms with Gasteiger partial charge in [0.05, 0.1) is 12.2 Å². The number of alkyl halides is 1. The van der Waals surface area contributed by atoms with Crippen LogP contribution < -0.4 is 9.47 Å². The van der Waals surface area contributed by atoms with Gasteiger partial charge in [-0.2, -0.15) is 4.39 Å². The van der Waals surface area contributed by atoms with Crippen molar-refractivity contribution in [2.75, 3.05) is 6.61 Å². The molecule has 2 aromatic rings. The number of hydrogen-bond acceptors (Lipinski definition) is 5. The zero-order valence-electron chi connectivity index (χ0n) is 22.1. The molecule has 1 saturated carbocycles. The van der Waals surface area contributed by atoms with Crippen molar-refractivity contribution in [3.05, 3.63) is 59.2 Å². The van der Waals surface area contributed by atoms with Crippen molar-refractivity contribution < 1.29 is 37.0 Å². The second-order valence-corrected chi connectivity index (χ2v) is 9.77. The third-order valence-electron chi connectivity index (χ3n) is 6.86. The second kappa shape index (κ2) is 14.8. The molecule has 0 saturated heterocycles. The van der Waals surface area contributed by atoms with Crippen molar-refractivity contribution in [2.24, 2.45) is 0 Å². The second-order valence-electron chi connectivity index (χ2n) is 9.77. The molecular formula is C30H37F3O5. The van der Waals surface area contributed by atoms with Crippen molar-refractivity contribution >= 4 is 11.9 Å². The van der Waals surface area contributed by atoms with Gasteiger partial charge in [-0.25, -0.2) is 18.4 Å². The standard InChI is InChI=1S/C30H37F3O5/c1-3-5-7-19-36-26-18-17-24(27(32)28(26)33)29(34)37-22-13-9-20(10-14-22)21-11-15-23(16-12-21)38-30(35)25(31)8-6-4-2/h9-10,13-14,17-18,21,23,25H,3-8,11-12,15-16,19H2,1-2H3/t21?,23?,25-/m0/s1. The van der Waals surface area contributed by atoms with E-state index >= 15 is 0 Å². The quantitative estimate of drug-likeness (QED) is 0.149. The van der Waals surface area contributed by atoms with Crippen molar-refractivity contribution in [1.29, 1.82) is 0 Å². The molecule has 3 rings (SSSR count). The van der Waals surface area contributed by atoms with Crippen LogP contribution >= 0.6 is 0 Å². The summed E-state index contributed by atoms with van der Waals surface area (Å²) in [6.07, 6.45) is 5.32. The Morgan fingerprint density at radius 3 is 2.24 bits per heavy atom. The summed E-state index contributed by atoms with van der Waals surface area (Å²) in [5.74, 6) is -4.07. The lowest BCUT2D eigenvalue weighted by Gasteiger charge is -2.29. The molecule has 0 N–H and O–H groups in total. The van der Waals surface area contributed by atoms with Gasteiger partial charge in [0.1, 0.15) is 11.9 Å². The predicted molar refractivity (Wildman–Crippen MR) is 138 cm³/mol. The molecule has 38 heavy (non-hydrogen) atoms. The molecule has 208 valence electrons. The van der Waals surface area contributed by atoms with Crippen molar-refractivity contribution in [2.45, 2.75) is 96.2 Å². The normalized spacial score (nSPS) is 18.0. The SMILES string of the molecule is CCCCCOc1ccc(C(=O)Oc2ccc(C3CCC(OC(=O)[C@@H](F)CCCC)CC3)cc2)c(F)c1F. The van der Waals surface area contributed by atoms with E-state index in [2.05, 4.69) is 0 Å². The van der Waals surface area contributed by atoms with Gasteiger partial charge >= 0.3 is 11.9 Å². The summed E-state index contributed by atoms with van der Waals surface area (Å²) in [5, 5.41) is 0. The number of carbonyl (C=O) groups excluding carboxylic acids is 2. The highest BCUT2D eigenvalue weighted by Gasteiger charge is 2.28. The number of halogens is 3. The molecule has 0 aliphatic heterocycles. The van der Waals surface area contributed by atoms with E-state index in [0.717, 1.165) is 50.2 Å². The van der Waals surface area contributed by atoms with Gasteiger partial charge in [0, 0.05) is 0 Å². The van der Waals surface area contributed by atoms with Gasteiger partial charge in [0.15, 0.2) is 17.7 Å². The molecular weight excluding hydrogens is 497 g/mol. The first-order valence-electron chi connectivity index (χ1n) is 13.6. The van der Waals surface area contributed by atoms with E-state index in [1.54, 1.807) is 12.1 Å². The Labute approximate surface area is 222 Å². The highest BCUT2D eigenvalue weighted by molar-refractivity contribution is 5.91. The summed E-state index contributed by atoms with van der Waals surface area (Å²) in [5.41, 5.74) is 0.522. The Hall–Kier alpha value is -3.03.